The highest BCUT2D eigenvalue weighted by molar-refractivity contribution is 5.68. The molecule has 11 nitrogen and oxygen atoms in total. The molecule has 1 unspecified atom stereocenters. The number of hydrogen-bond donors (Lipinski definition) is 2. The summed E-state index contributed by atoms with van der Waals surface area (Å²) in [5, 5.41) is 29.9. The average Bonchev–Trinajstić information content (AvgIpc) is 3.34. The third kappa shape index (κ3) is 3.70. The number of carbonyl (C=O) groups is 1. The molecule has 32 heavy (non-hydrogen) atoms. The molecule has 0 radical (unpaired) electrons. The van der Waals surface area contributed by atoms with Gasteiger partial charge in [-0.25, -0.2) is 9.78 Å². The number of fused-ring (bicyclic) bond motifs is 2. The van der Waals surface area contributed by atoms with Crippen LogP contribution in [0.3, 0.4) is 0 Å². The summed E-state index contributed by atoms with van der Waals surface area (Å²) in [4.78, 5) is 19.1. The molecule has 0 spiro atoms. The lowest BCUT2D eigenvalue weighted by Gasteiger charge is -2.37. The molecule has 5 rings (SSSR count). The lowest BCUT2D eigenvalue weighted by atomic mass is 9.98. The number of rotatable bonds is 5. The van der Waals surface area contributed by atoms with Crippen molar-refractivity contribution >= 4 is 11.9 Å². The standard InChI is InChI=1S/C21H24N8O3/c1-28-22-11-18(27-28)15-5-6-16(24-20(15)32-2)17-7-8-19(26-25-17)23-12-9-13-3-4-14(10-12)29(13)21(30)31/h5-8,11-14H,3-4,9-10H2,1-2H3,(H,23,26)(H,30,31)/t12?,13-,14+. The minimum atomic E-state index is -0.812. The van der Waals surface area contributed by atoms with Gasteiger partial charge in [0.15, 0.2) is 0 Å². The van der Waals surface area contributed by atoms with Gasteiger partial charge in [-0.05, 0) is 49.9 Å². The Hall–Kier alpha value is -3.76. The van der Waals surface area contributed by atoms with Crippen LogP contribution in [0.2, 0.25) is 0 Å². The van der Waals surface area contributed by atoms with Gasteiger partial charge in [-0.3, -0.25) is 0 Å². The Labute approximate surface area is 184 Å². The Bertz CT molecular complexity index is 1120. The summed E-state index contributed by atoms with van der Waals surface area (Å²) in [6.45, 7) is 0. The smallest absolute Gasteiger partial charge is 0.407 e. The highest BCUT2D eigenvalue weighted by atomic mass is 16.5. The van der Waals surface area contributed by atoms with Crippen LogP contribution in [0.5, 0.6) is 5.88 Å². The van der Waals surface area contributed by atoms with Gasteiger partial charge in [-0.2, -0.15) is 15.0 Å². The van der Waals surface area contributed by atoms with E-state index in [0.29, 0.717) is 28.8 Å². The van der Waals surface area contributed by atoms with E-state index in [1.165, 1.54) is 4.80 Å². The molecule has 2 N–H and O–H groups in total. The van der Waals surface area contributed by atoms with Crippen LogP contribution in [0.4, 0.5) is 10.6 Å². The fourth-order valence-corrected chi connectivity index (χ4v) is 4.77. The molecule has 3 atom stereocenters. The van der Waals surface area contributed by atoms with E-state index in [1.807, 2.05) is 24.3 Å². The highest BCUT2D eigenvalue weighted by Crippen LogP contribution is 2.36. The van der Waals surface area contributed by atoms with E-state index in [2.05, 4.69) is 30.7 Å². The van der Waals surface area contributed by atoms with Crippen molar-refractivity contribution in [2.45, 2.75) is 43.8 Å². The maximum Gasteiger partial charge on any atom is 0.407 e. The van der Waals surface area contributed by atoms with E-state index in [9.17, 15) is 9.90 Å². The van der Waals surface area contributed by atoms with Crippen LogP contribution in [0.25, 0.3) is 22.6 Å². The number of nitrogens with zero attached hydrogens (tertiary/aromatic N) is 7. The molecule has 2 saturated heterocycles. The third-order valence-corrected chi connectivity index (χ3v) is 6.16. The SMILES string of the molecule is COc1nc(-c2ccc(NC3C[C@H]4CC[C@@H](C3)N4C(=O)O)nn2)ccc1-c1cnn(C)n1. The van der Waals surface area contributed by atoms with Gasteiger partial charge in [0.2, 0.25) is 5.88 Å². The topological polar surface area (TPSA) is 131 Å². The fraction of sp³-hybridized carbons (Fsp3) is 0.429. The molecular weight excluding hydrogens is 412 g/mol. The molecule has 166 valence electrons. The van der Waals surface area contributed by atoms with Crippen LogP contribution in [-0.4, -0.2) is 71.5 Å². The van der Waals surface area contributed by atoms with Crippen molar-refractivity contribution < 1.29 is 14.6 Å². The Morgan fingerprint density at radius 3 is 2.44 bits per heavy atom. The van der Waals surface area contributed by atoms with Gasteiger partial charge in [0.25, 0.3) is 0 Å². The second kappa shape index (κ2) is 8.06. The number of aryl methyl sites for hydroxylation is 1. The van der Waals surface area contributed by atoms with E-state index in [4.69, 9.17) is 4.74 Å². The van der Waals surface area contributed by atoms with Gasteiger partial charge in [0.05, 0.1) is 24.6 Å². The summed E-state index contributed by atoms with van der Waals surface area (Å²) in [7, 11) is 3.32. The number of pyridine rings is 1. The van der Waals surface area contributed by atoms with Gasteiger partial charge in [0.1, 0.15) is 17.2 Å². The Kier molecular flexibility index (Phi) is 5.08. The van der Waals surface area contributed by atoms with E-state index in [0.717, 1.165) is 31.2 Å². The largest absolute Gasteiger partial charge is 0.480 e. The van der Waals surface area contributed by atoms with Gasteiger partial charge in [-0.15, -0.1) is 10.2 Å². The first-order valence-corrected chi connectivity index (χ1v) is 10.6. The normalized spacial score (nSPS) is 22.1. The summed E-state index contributed by atoms with van der Waals surface area (Å²) in [6, 6.07) is 7.82. The molecule has 3 aromatic rings. The van der Waals surface area contributed by atoms with Crippen molar-refractivity contribution in [2.75, 3.05) is 12.4 Å². The molecule has 2 bridgehead atoms. The molecule has 2 aliphatic rings. The van der Waals surface area contributed by atoms with Gasteiger partial charge in [0, 0.05) is 25.2 Å². The number of nitrogens with one attached hydrogen (secondary N) is 1. The molecule has 0 saturated carbocycles. The van der Waals surface area contributed by atoms with Crippen LogP contribution in [0.1, 0.15) is 25.7 Å². The van der Waals surface area contributed by atoms with Crippen molar-refractivity contribution in [1.29, 1.82) is 0 Å². The van der Waals surface area contributed by atoms with Crippen molar-refractivity contribution in [3.63, 3.8) is 0 Å². The lowest BCUT2D eigenvalue weighted by molar-refractivity contribution is 0.0993. The highest BCUT2D eigenvalue weighted by Gasteiger charge is 2.43. The minimum absolute atomic E-state index is 0.0838. The first-order chi connectivity index (χ1) is 15.5. The molecule has 0 aromatic carbocycles. The molecule has 0 aliphatic carbocycles. The summed E-state index contributed by atoms with van der Waals surface area (Å²) in [5.74, 6) is 1.11. The van der Waals surface area contributed by atoms with Gasteiger partial charge < -0.3 is 20.1 Å². The Morgan fingerprint density at radius 2 is 1.84 bits per heavy atom. The number of carboxylic acid groups (broad SMARTS) is 1. The Balaban J connectivity index is 1.29. The van der Waals surface area contributed by atoms with E-state index in [-0.39, 0.29) is 18.1 Å². The first-order valence-electron chi connectivity index (χ1n) is 10.6. The number of amides is 1. The molecule has 2 fully saturated rings. The maximum absolute atomic E-state index is 11.5. The number of aromatic nitrogens is 6. The summed E-state index contributed by atoms with van der Waals surface area (Å²) in [5.41, 5.74) is 2.69. The van der Waals surface area contributed by atoms with Crippen LogP contribution in [0, 0.1) is 0 Å². The maximum atomic E-state index is 11.5. The number of hydrogen-bond acceptors (Lipinski definition) is 8. The van der Waals surface area contributed by atoms with Crippen molar-refractivity contribution in [1.82, 2.24) is 35.1 Å². The molecule has 5 heterocycles. The number of ether oxygens (including phenoxy) is 1. The van der Waals surface area contributed by atoms with Crippen LogP contribution >= 0.6 is 0 Å². The zero-order valence-corrected chi connectivity index (χ0v) is 17.8. The average molecular weight is 436 g/mol. The zero-order chi connectivity index (χ0) is 22.2. The van der Waals surface area contributed by atoms with Gasteiger partial charge >= 0.3 is 6.09 Å². The van der Waals surface area contributed by atoms with Gasteiger partial charge in [-0.1, -0.05) is 0 Å². The monoisotopic (exact) mass is 436 g/mol. The summed E-state index contributed by atoms with van der Waals surface area (Å²) < 4.78 is 5.45. The second-order valence-corrected chi connectivity index (χ2v) is 8.16. The molecular formula is C21H24N8O3. The quantitative estimate of drug-likeness (QED) is 0.619. The fourth-order valence-electron chi connectivity index (χ4n) is 4.77. The number of methoxy groups -OCH3 is 1. The second-order valence-electron chi connectivity index (χ2n) is 8.16. The van der Waals surface area contributed by atoms with Crippen LogP contribution < -0.4 is 10.1 Å². The van der Waals surface area contributed by atoms with E-state index >= 15 is 0 Å². The van der Waals surface area contributed by atoms with E-state index < -0.39 is 6.09 Å². The third-order valence-electron chi connectivity index (χ3n) is 6.16. The molecule has 2 aliphatic heterocycles. The van der Waals surface area contributed by atoms with Crippen molar-refractivity contribution in [3.8, 4) is 28.5 Å². The number of anilines is 1. The van der Waals surface area contributed by atoms with Crippen molar-refractivity contribution in [3.05, 3.63) is 30.5 Å². The molecule has 11 heteroatoms. The van der Waals surface area contributed by atoms with E-state index in [1.54, 1.807) is 25.3 Å². The first kappa shape index (κ1) is 20.2. The number of piperidine rings is 1. The van der Waals surface area contributed by atoms with Crippen LogP contribution in [-0.2, 0) is 7.05 Å². The predicted octanol–water partition coefficient (Wildman–Crippen LogP) is 2.43. The Morgan fingerprint density at radius 1 is 1.09 bits per heavy atom. The molecule has 1 amide bonds. The van der Waals surface area contributed by atoms with Crippen molar-refractivity contribution in [2.24, 2.45) is 7.05 Å². The predicted molar refractivity (Wildman–Crippen MR) is 115 cm³/mol. The minimum Gasteiger partial charge on any atom is -0.480 e. The lowest BCUT2D eigenvalue weighted by Crippen LogP contribution is -2.49. The molecule has 3 aromatic heterocycles. The summed E-state index contributed by atoms with van der Waals surface area (Å²) in [6.07, 6.45) is 4.28. The zero-order valence-electron chi connectivity index (χ0n) is 17.8. The summed E-state index contributed by atoms with van der Waals surface area (Å²) >= 11 is 0. The van der Waals surface area contributed by atoms with Crippen LogP contribution in [0.15, 0.2) is 30.5 Å².